The second-order valence-electron chi connectivity index (χ2n) is 7.36. The van der Waals surface area contributed by atoms with Crippen molar-refractivity contribution in [2.45, 2.75) is 25.3 Å². The number of nitrogens with zero attached hydrogens (tertiary/aromatic N) is 4. The predicted molar refractivity (Wildman–Crippen MR) is 115 cm³/mol. The summed E-state index contributed by atoms with van der Waals surface area (Å²) in [6.45, 7) is 1.05. The molecule has 3 heterocycles. The lowest BCUT2D eigenvalue weighted by Crippen LogP contribution is -2.32. The van der Waals surface area contributed by atoms with Crippen LogP contribution in [0.4, 0.5) is 15.9 Å². The third kappa shape index (κ3) is 5.03. The number of rotatable bonds is 7. The molecule has 0 aliphatic carbocycles. The molecular formula is C23H24FN5O2. The summed E-state index contributed by atoms with van der Waals surface area (Å²) in [5.41, 5.74) is 2.18. The molecule has 1 atom stereocenters. The van der Waals surface area contributed by atoms with Crippen LogP contribution in [0, 0.1) is 5.82 Å². The first-order chi connectivity index (χ1) is 15.1. The highest BCUT2D eigenvalue weighted by molar-refractivity contribution is 5.77. The summed E-state index contributed by atoms with van der Waals surface area (Å²) >= 11 is 0. The van der Waals surface area contributed by atoms with Gasteiger partial charge in [0.05, 0.1) is 24.8 Å². The summed E-state index contributed by atoms with van der Waals surface area (Å²) in [6, 6.07) is 11.5. The minimum absolute atomic E-state index is 0.0295. The Kier molecular flexibility index (Phi) is 6.47. The van der Waals surface area contributed by atoms with E-state index in [1.165, 1.54) is 12.1 Å². The van der Waals surface area contributed by atoms with Gasteiger partial charge in [-0.1, -0.05) is 6.07 Å². The summed E-state index contributed by atoms with van der Waals surface area (Å²) < 4.78 is 18.7. The second-order valence-corrected chi connectivity index (χ2v) is 7.36. The average molecular weight is 421 g/mol. The molecule has 31 heavy (non-hydrogen) atoms. The fourth-order valence-corrected chi connectivity index (χ4v) is 3.73. The fourth-order valence-electron chi connectivity index (χ4n) is 3.73. The number of nitrogens with one attached hydrogen (secondary N) is 1. The number of likely N-dealkylation sites (tertiary alicyclic amines) is 1. The van der Waals surface area contributed by atoms with Gasteiger partial charge in [0.25, 0.3) is 0 Å². The molecule has 4 rings (SSSR count). The Balaban J connectivity index is 1.70. The van der Waals surface area contributed by atoms with Crippen molar-refractivity contribution in [2.24, 2.45) is 0 Å². The van der Waals surface area contributed by atoms with Gasteiger partial charge in [-0.15, -0.1) is 0 Å². The van der Waals surface area contributed by atoms with E-state index in [0.29, 0.717) is 42.6 Å². The van der Waals surface area contributed by atoms with Crippen LogP contribution in [0.25, 0.3) is 11.3 Å². The fraction of sp³-hybridized carbons (Fsp3) is 0.304. The lowest BCUT2D eigenvalue weighted by molar-refractivity contribution is -0.133. The van der Waals surface area contributed by atoms with Crippen LogP contribution >= 0.6 is 0 Å². The standard InChI is InChI=1S/C23H24FN5O2/c1-31-13-9-22(30)29-12-3-6-20(29)23-27-19(16-7-10-25-11-8-16)15-21(28-23)26-18-5-2-4-17(24)14-18/h2,4-5,7-8,10-11,14-15,20H,3,6,9,12-13H2,1H3,(H,26,27,28)/t20-/m1/s1. The molecule has 7 nitrogen and oxygen atoms in total. The smallest absolute Gasteiger partial charge is 0.225 e. The third-order valence-corrected chi connectivity index (χ3v) is 5.21. The first kappa shape index (κ1) is 20.9. The van der Waals surface area contributed by atoms with Gasteiger partial charge in [0.2, 0.25) is 5.91 Å². The number of hydrogen-bond donors (Lipinski definition) is 1. The molecule has 1 amide bonds. The maximum atomic E-state index is 13.6. The first-order valence-electron chi connectivity index (χ1n) is 10.2. The van der Waals surface area contributed by atoms with Crippen LogP contribution in [0.3, 0.4) is 0 Å². The van der Waals surface area contributed by atoms with Crippen LogP contribution in [0.15, 0.2) is 54.9 Å². The maximum Gasteiger partial charge on any atom is 0.225 e. The SMILES string of the molecule is COCCC(=O)N1CCC[C@@H]1c1nc(Nc2cccc(F)c2)cc(-c2ccncc2)n1. The Hall–Kier alpha value is -3.39. The molecule has 2 aromatic heterocycles. The van der Waals surface area contributed by atoms with Gasteiger partial charge < -0.3 is 15.0 Å². The van der Waals surface area contributed by atoms with E-state index in [1.54, 1.807) is 31.6 Å². The Bertz CT molecular complexity index is 1050. The summed E-state index contributed by atoms with van der Waals surface area (Å²) in [7, 11) is 1.58. The van der Waals surface area contributed by atoms with E-state index in [2.05, 4.69) is 10.3 Å². The second kappa shape index (κ2) is 9.61. The third-order valence-electron chi connectivity index (χ3n) is 5.21. The van der Waals surface area contributed by atoms with Gasteiger partial charge in [0, 0.05) is 43.4 Å². The van der Waals surface area contributed by atoms with Gasteiger partial charge in [-0.25, -0.2) is 14.4 Å². The highest BCUT2D eigenvalue weighted by atomic mass is 19.1. The number of ether oxygens (including phenoxy) is 1. The lowest BCUT2D eigenvalue weighted by Gasteiger charge is -2.24. The molecular weight excluding hydrogens is 397 g/mol. The number of aromatic nitrogens is 3. The van der Waals surface area contributed by atoms with Gasteiger partial charge >= 0.3 is 0 Å². The number of carbonyl (C=O) groups excluding carboxylic acids is 1. The van der Waals surface area contributed by atoms with E-state index in [9.17, 15) is 9.18 Å². The van der Waals surface area contributed by atoms with Crippen LogP contribution < -0.4 is 5.32 Å². The highest BCUT2D eigenvalue weighted by Crippen LogP contribution is 2.33. The number of methoxy groups -OCH3 is 1. The number of benzene rings is 1. The topological polar surface area (TPSA) is 80.2 Å². The number of amides is 1. The van der Waals surface area contributed by atoms with Gasteiger partial charge in [-0.05, 0) is 43.2 Å². The van der Waals surface area contributed by atoms with Crippen LogP contribution in [0.2, 0.25) is 0 Å². The molecule has 1 N–H and O–H groups in total. The van der Waals surface area contributed by atoms with E-state index in [0.717, 1.165) is 18.4 Å². The lowest BCUT2D eigenvalue weighted by atomic mass is 10.1. The van der Waals surface area contributed by atoms with E-state index < -0.39 is 0 Å². The molecule has 0 unspecified atom stereocenters. The predicted octanol–water partition coefficient (Wildman–Crippen LogP) is 4.12. The minimum Gasteiger partial charge on any atom is -0.384 e. The Labute approximate surface area is 180 Å². The molecule has 1 aliphatic heterocycles. The minimum atomic E-state index is -0.334. The molecule has 0 saturated carbocycles. The molecule has 1 aliphatic rings. The normalized spacial score (nSPS) is 15.8. The van der Waals surface area contributed by atoms with Crippen molar-refractivity contribution in [2.75, 3.05) is 25.6 Å². The van der Waals surface area contributed by atoms with Crippen LogP contribution in [-0.4, -0.2) is 46.0 Å². The number of hydrogen-bond acceptors (Lipinski definition) is 6. The average Bonchev–Trinajstić information content (AvgIpc) is 3.28. The molecule has 0 bridgehead atoms. The Morgan fingerprint density at radius 3 is 2.84 bits per heavy atom. The Morgan fingerprint density at radius 1 is 1.23 bits per heavy atom. The van der Waals surface area contributed by atoms with Gasteiger partial charge in [0.1, 0.15) is 11.6 Å². The van der Waals surface area contributed by atoms with Crippen LogP contribution in [-0.2, 0) is 9.53 Å². The summed E-state index contributed by atoms with van der Waals surface area (Å²) in [6.07, 6.45) is 5.40. The monoisotopic (exact) mass is 421 g/mol. The van der Waals surface area contributed by atoms with E-state index >= 15 is 0 Å². The molecule has 1 fully saturated rings. The van der Waals surface area contributed by atoms with Gasteiger partial charge in [0.15, 0.2) is 5.82 Å². The molecule has 1 aromatic carbocycles. The number of pyridine rings is 1. The molecule has 8 heteroatoms. The maximum absolute atomic E-state index is 13.6. The van der Waals surface area contributed by atoms with Gasteiger partial charge in [-0.2, -0.15) is 0 Å². The van der Waals surface area contributed by atoms with Crippen molar-refractivity contribution in [3.05, 3.63) is 66.5 Å². The van der Waals surface area contributed by atoms with Gasteiger partial charge in [-0.3, -0.25) is 9.78 Å². The quantitative estimate of drug-likeness (QED) is 0.618. The summed E-state index contributed by atoms with van der Waals surface area (Å²) in [5, 5.41) is 3.17. The molecule has 0 spiro atoms. The zero-order chi connectivity index (χ0) is 21.6. The molecule has 0 radical (unpaired) electrons. The number of halogens is 1. The van der Waals surface area contributed by atoms with E-state index in [1.807, 2.05) is 23.1 Å². The highest BCUT2D eigenvalue weighted by Gasteiger charge is 2.32. The van der Waals surface area contributed by atoms with Crippen LogP contribution in [0.5, 0.6) is 0 Å². The zero-order valence-corrected chi connectivity index (χ0v) is 17.3. The first-order valence-corrected chi connectivity index (χ1v) is 10.2. The van der Waals surface area contributed by atoms with Crippen molar-refractivity contribution >= 4 is 17.4 Å². The van der Waals surface area contributed by atoms with Crippen LogP contribution in [0.1, 0.15) is 31.1 Å². The van der Waals surface area contributed by atoms with Crippen molar-refractivity contribution in [1.29, 1.82) is 0 Å². The zero-order valence-electron chi connectivity index (χ0n) is 17.3. The number of anilines is 2. The summed E-state index contributed by atoms with van der Waals surface area (Å²) in [5.74, 6) is 0.802. The molecule has 3 aromatic rings. The van der Waals surface area contributed by atoms with Crippen molar-refractivity contribution in [1.82, 2.24) is 19.9 Å². The largest absolute Gasteiger partial charge is 0.384 e. The van der Waals surface area contributed by atoms with E-state index in [4.69, 9.17) is 14.7 Å². The summed E-state index contributed by atoms with van der Waals surface area (Å²) in [4.78, 5) is 28.1. The van der Waals surface area contributed by atoms with Crippen molar-refractivity contribution in [3.63, 3.8) is 0 Å². The van der Waals surface area contributed by atoms with Crippen molar-refractivity contribution in [3.8, 4) is 11.3 Å². The molecule has 1 saturated heterocycles. The van der Waals surface area contributed by atoms with E-state index in [-0.39, 0.29) is 17.8 Å². The number of carbonyl (C=O) groups is 1. The van der Waals surface area contributed by atoms with Crippen molar-refractivity contribution < 1.29 is 13.9 Å². The molecule has 160 valence electrons. The Morgan fingerprint density at radius 2 is 2.06 bits per heavy atom.